The number of thiazole rings is 1. The number of anilines is 1. The SMILES string of the molecule is O=C(Nc1nc(-c2ccc(Oc3ccccc3)cc2)cs1)c1ccc2c(c1)OCCO2. The molecule has 0 bridgehead atoms. The minimum Gasteiger partial charge on any atom is -0.486 e. The maximum Gasteiger partial charge on any atom is 0.257 e. The lowest BCUT2D eigenvalue weighted by atomic mass is 10.2. The van der Waals surface area contributed by atoms with Crippen molar-refractivity contribution >= 4 is 22.4 Å². The van der Waals surface area contributed by atoms with Crippen LogP contribution in [-0.4, -0.2) is 24.1 Å². The normalized spacial score (nSPS) is 12.3. The first-order chi connectivity index (χ1) is 15.2. The summed E-state index contributed by atoms with van der Waals surface area (Å²) in [6, 6.07) is 22.4. The number of para-hydroxylation sites is 1. The average molecular weight is 430 g/mol. The third-order valence-corrected chi connectivity index (χ3v) is 5.42. The molecular weight excluding hydrogens is 412 g/mol. The Hall–Kier alpha value is -3.84. The summed E-state index contributed by atoms with van der Waals surface area (Å²) in [5.74, 6) is 2.52. The van der Waals surface area contributed by atoms with Gasteiger partial charge in [0, 0.05) is 16.5 Å². The Bertz CT molecular complexity index is 1210. The van der Waals surface area contributed by atoms with Crippen molar-refractivity contribution in [3.05, 3.63) is 83.7 Å². The predicted molar refractivity (Wildman–Crippen MR) is 119 cm³/mol. The molecule has 0 radical (unpaired) electrons. The highest BCUT2D eigenvalue weighted by atomic mass is 32.1. The van der Waals surface area contributed by atoms with Crippen LogP contribution in [0.15, 0.2) is 78.2 Å². The van der Waals surface area contributed by atoms with Gasteiger partial charge in [0.1, 0.15) is 24.7 Å². The Morgan fingerprint density at radius 3 is 2.45 bits per heavy atom. The largest absolute Gasteiger partial charge is 0.486 e. The Morgan fingerprint density at radius 1 is 0.903 bits per heavy atom. The maximum atomic E-state index is 12.6. The van der Waals surface area contributed by atoms with E-state index in [9.17, 15) is 4.79 Å². The topological polar surface area (TPSA) is 69.7 Å². The molecule has 0 unspecified atom stereocenters. The van der Waals surface area contributed by atoms with E-state index in [4.69, 9.17) is 14.2 Å². The van der Waals surface area contributed by atoms with Gasteiger partial charge in [0.15, 0.2) is 16.6 Å². The number of ether oxygens (including phenoxy) is 3. The van der Waals surface area contributed by atoms with Crippen LogP contribution < -0.4 is 19.5 Å². The highest BCUT2D eigenvalue weighted by molar-refractivity contribution is 7.14. The lowest BCUT2D eigenvalue weighted by molar-refractivity contribution is 0.102. The standard InChI is InChI=1S/C24H18N2O4S/c27-23(17-8-11-21-22(14-17)29-13-12-28-21)26-24-25-20(15-31-24)16-6-9-19(10-7-16)30-18-4-2-1-3-5-18/h1-11,14-15H,12-13H2,(H,25,26,27). The summed E-state index contributed by atoms with van der Waals surface area (Å²) in [7, 11) is 0. The molecule has 0 aliphatic carbocycles. The molecule has 1 N–H and O–H groups in total. The van der Waals surface area contributed by atoms with Crippen LogP contribution in [0.5, 0.6) is 23.0 Å². The predicted octanol–water partition coefficient (Wildman–Crippen LogP) is 5.63. The molecule has 0 spiro atoms. The van der Waals surface area contributed by atoms with E-state index in [2.05, 4.69) is 10.3 Å². The molecule has 0 saturated carbocycles. The minimum absolute atomic E-state index is 0.246. The van der Waals surface area contributed by atoms with E-state index in [1.54, 1.807) is 18.2 Å². The van der Waals surface area contributed by atoms with E-state index in [1.807, 2.05) is 60.0 Å². The summed E-state index contributed by atoms with van der Waals surface area (Å²) in [6.45, 7) is 0.989. The van der Waals surface area contributed by atoms with Crippen LogP contribution >= 0.6 is 11.3 Å². The Labute approximate surface area is 183 Å². The van der Waals surface area contributed by atoms with Crippen molar-refractivity contribution in [2.24, 2.45) is 0 Å². The van der Waals surface area contributed by atoms with Crippen molar-refractivity contribution < 1.29 is 19.0 Å². The zero-order valence-electron chi connectivity index (χ0n) is 16.4. The first-order valence-corrected chi connectivity index (χ1v) is 10.6. The quantitative estimate of drug-likeness (QED) is 0.445. The zero-order valence-corrected chi connectivity index (χ0v) is 17.2. The summed E-state index contributed by atoms with van der Waals surface area (Å²) in [5.41, 5.74) is 2.22. The molecule has 1 aromatic heterocycles. The number of benzene rings is 3. The fraction of sp³-hybridized carbons (Fsp3) is 0.0833. The second-order valence-electron chi connectivity index (χ2n) is 6.79. The summed E-state index contributed by atoms with van der Waals surface area (Å²) in [5, 5.41) is 5.28. The number of carbonyl (C=O) groups excluding carboxylic acids is 1. The fourth-order valence-corrected chi connectivity index (χ4v) is 3.85. The third-order valence-electron chi connectivity index (χ3n) is 4.66. The number of nitrogens with one attached hydrogen (secondary N) is 1. The number of fused-ring (bicyclic) bond motifs is 1. The first kappa shape index (κ1) is 19.1. The van der Waals surface area contributed by atoms with Gasteiger partial charge in [-0.15, -0.1) is 11.3 Å². The number of nitrogens with zero attached hydrogens (tertiary/aromatic N) is 1. The number of hydrogen-bond acceptors (Lipinski definition) is 6. The number of aromatic nitrogens is 1. The van der Waals surface area contributed by atoms with Crippen LogP contribution in [0.1, 0.15) is 10.4 Å². The summed E-state index contributed by atoms with van der Waals surface area (Å²) >= 11 is 1.37. The monoisotopic (exact) mass is 430 g/mol. The van der Waals surface area contributed by atoms with Gasteiger partial charge in [0.25, 0.3) is 5.91 Å². The lowest BCUT2D eigenvalue weighted by Crippen LogP contribution is -2.17. The molecule has 1 aliphatic heterocycles. The Morgan fingerprint density at radius 2 is 1.65 bits per heavy atom. The molecule has 6 nitrogen and oxygen atoms in total. The average Bonchev–Trinajstić information content (AvgIpc) is 3.28. The van der Waals surface area contributed by atoms with Crippen molar-refractivity contribution in [3.63, 3.8) is 0 Å². The van der Waals surface area contributed by atoms with E-state index >= 15 is 0 Å². The van der Waals surface area contributed by atoms with Gasteiger partial charge >= 0.3 is 0 Å². The van der Waals surface area contributed by atoms with Gasteiger partial charge in [-0.2, -0.15) is 0 Å². The zero-order chi connectivity index (χ0) is 21.0. The first-order valence-electron chi connectivity index (χ1n) is 9.74. The van der Waals surface area contributed by atoms with Crippen molar-refractivity contribution in [1.82, 2.24) is 4.98 Å². The molecule has 2 heterocycles. The molecule has 3 aromatic carbocycles. The van der Waals surface area contributed by atoms with Crippen molar-refractivity contribution in [2.75, 3.05) is 18.5 Å². The molecular formula is C24H18N2O4S. The van der Waals surface area contributed by atoms with Gasteiger partial charge in [-0.05, 0) is 54.6 Å². The number of amides is 1. The van der Waals surface area contributed by atoms with Crippen molar-refractivity contribution in [2.45, 2.75) is 0 Å². The number of hydrogen-bond donors (Lipinski definition) is 1. The van der Waals surface area contributed by atoms with E-state index in [0.29, 0.717) is 35.4 Å². The van der Waals surface area contributed by atoms with Crippen molar-refractivity contribution in [1.29, 1.82) is 0 Å². The summed E-state index contributed by atoms with van der Waals surface area (Å²) < 4.78 is 16.9. The van der Waals surface area contributed by atoms with E-state index < -0.39 is 0 Å². The molecule has 5 rings (SSSR count). The van der Waals surface area contributed by atoms with Crippen molar-refractivity contribution in [3.8, 4) is 34.3 Å². The van der Waals surface area contributed by atoms with Crippen LogP contribution in [0.2, 0.25) is 0 Å². The van der Waals surface area contributed by atoms with Crippen LogP contribution in [0, 0.1) is 0 Å². The van der Waals surface area contributed by atoms with Gasteiger partial charge in [-0.1, -0.05) is 18.2 Å². The van der Waals surface area contributed by atoms with E-state index in [-0.39, 0.29) is 5.91 Å². The van der Waals surface area contributed by atoms with Crippen LogP contribution in [-0.2, 0) is 0 Å². The fourth-order valence-electron chi connectivity index (χ4n) is 3.14. The Balaban J connectivity index is 1.26. The van der Waals surface area contributed by atoms with Crippen LogP contribution in [0.4, 0.5) is 5.13 Å². The second kappa shape index (κ2) is 8.49. The Kier molecular flexibility index (Phi) is 5.24. The molecule has 4 aromatic rings. The lowest BCUT2D eigenvalue weighted by Gasteiger charge is -2.18. The van der Waals surface area contributed by atoms with Gasteiger partial charge < -0.3 is 14.2 Å². The van der Waals surface area contributed by atoms with Crippen LogP contribution in [0.25, 0.3) is 11.3 Å². The number of carbonyl (C=O) groups is 1. The highest BCUT2D eigenvalue weighted by Gasteiger charge is 2.16. The molecule has 154 valence electrons. The second-order valence-corrected chi connectivity index (χ2v) is 7.65. The molecule has 31 heavy (non-hydrogen) atoms. The molecule has 0 fully saturated rings. The highest BCUT2D eigenvalue weighted by Crippen LogP contribution is 2.32. The molecule has 7 heteroatoms. The van der Waals surface area contributed by atoms with E-state index in [1.165, 1.54) is 11.3 Å². The summed E-state index contributed by atoms with van der Waals surface area (Å²) in [4.78, 5) is 17.1. The third kappa shape index (κ3) is 4.36. The van der Waals surface area contributed by atoms with E-state index in [0.717, 1.165) is 22.8 Å². The molecule has 0 atom stereocenters. The smallest absolute Gasteiger partial charge is 0.257 e. The maximum absolute atomic E-state index is 12.6. The minimum atomic E-state index is -0.246. The van der Waals surface area contributed by atoms with Gasteiger partial charge in [-0.3, -0.25) is 10.1 Å². The van der Waals surface area contributed by atoms with Gasteiger partial charge in [0.05, 0.1) is 5.69 Å². The van der Waals surface area contributed by atoms with Gasteiger partial charge in [0.2, 0.25) is 0 Å². The molecule has 1 amide bonds. The van der Waals surface area contributed by atoms with Crippen LogP contribution in [0.3, 0.4) is 0 Å². The van der Waals surface area contributed by atoms with Gasteiger partial charge in [-0.25, -0.2) is 4.98 Å². The molecule has 1 aliphatic rings. The molecule has 0 saturated heterocycles. The number of rotatable bonds is 5. The summed E-state index contributed by atoms with van der Waals surface area (Å²) in [6.07, 6.45) is 0.